The van der Waals surface area contributed by atoms with Crippen molar-refractivity contribution in [3.05, 3.63) is 94.8 Å². The van der Waals surface area contributed by atoms with Crippen LogP contribution in [0, 0.1) is 19.8 Å². The van der Waals surface area contributed by atoms with Crippen molar-refractivity contribution in [1.82, 2.24) is 15.2 Å². The van der Waals surface area contributed by atoms with E-state index in [0.29, 0.717) is 18.1 Å². The number of hydrogen-bond donors (Lipinski definition) is 2. The number of aryl methyl sites for hydroxylation is 2. The van der Waals surface area contributed by atoms with Crippen molar-refractivity contribution in [2.24, 2.45) is 5.92 Å². The number of nitrogens with zero attached hydrogens (tertiary/aromatic N) is 2. The second kappa shape index (κ2) is 10.6. The zero-order valence-corrected chi connectivity index (χ0v) is 19.5. The molecule has 0 aliphatic carbocycles. The molecular formula is C28H33N3O2. The van der Waals surface area contributed by atoms with E-state index < -0.39 is 0 Å². The van der Waals surface area contributed by atoms with Gasteiger partial charge in [0.1, 0.15) is 5.75 Å². The van der Waals surface area contributed by atoms with Crippen LogP contribution in [0.2, 0.25) is 0 Å². The summed E-state index contributed by atoms with van der Waals surface area (Å²) in [4.78, 5) is 19.9. The number of pyridine rings is 1. The van der Waals surface area contributed by atoms with Gasteiger partial charge in [0.15, 0.2) is 0 Å². The lowest BCUT2D eigenvalue weighted by Gasteiger charge is -2.36. The van der Waals surface area contributed by atoms with Crippen LogP contribution < -0.4 is 5.32 Å². The van der Waals surface area contributed by atoms with E-state index in [4.69, 9.17) is 0 Å². The summed E-state index contributed by atoms with van der Waals surface area (Å²) in [5.74, 6) is 0.774. The molecule has 33 heavy (non-hydrogen) atoms. The van der Waals surface area contributed by atoms with Crippen LogP contribution in [0.15, 0.2) is 66.9 Å². The number of piperidine rings is 1. The number of hydrogen-bond acceptors (Lipinski definition) is 4. The molecule has 5 heteroatoms. The Labute approximate surface area is 196 Å². The molecule has 2 aromatic carbocycles. The average molecular weight is 444 g/mol. The van der Waals surface area contributed by atoms with Crippen molar-refractivity contribution in [2.75, 3.05) is 13.1 Å². The van der Waals surface area contributed by atoms with E-state index in [1.54, 1.807) is 6.20 Å². The van der Waals surface area contributed by atoms with Crippen LogP contribution in [-0.2, 0) is 17.8 Å². The summed E-state index contributed by atoms with van der Waals surface area (Å²) < 4.78 is 0. The molecule has 3 aromatic rings. The first kappa shape index (κ1) is 23.0. The lowest BCUT2D eigenvalue weighted by Crippen LogP contribution is -2.41. The second-order valence-electron chi connectivity index (χ2n) is 9.15. The third-order valence-electron chi connectivity index (χ3n) is 6.59. The lowest BCUT2D eigenvalue weighted by atomic mass is 9.87. The van der Waals surface area contributed by atoms with Gasteiger partial charge in [-0.25, -0.2) is 0 Å². The first-order chi connectivity index (χ1) is 16.0. The highest BCUT2D eigenvalue weighted by atomic mass is 16.3. The zero-order valence-electron chi connectivity index (χ0n) is 19.5. The van der Waals surface area contributed by atoms with Gasteiger partial charge in [0, 0.05) is 12.7 Å². The van der Waals surface area contributed by atoms with Crippen LogP contribution in [0.1, 0.15) is 46.8 Å². The summed E-state index contributed by atoms with van der Waals surface area (Å²) in [6.45, 7) is 6.73. The predicted molar refractivity (Wildman–Crippen MR) is 131 cm³/mol. The molecule has 1 unspecified atom stereocenters. The molecule has 0 bridgehead atoms. The Hall–Kier alpha value is -3.18. The summed E-state index contributed by atoms with van der Waals surface area (Å²) in [6.07, 6.45) is 4.19. The first-order valence-electron chi connectivity index (χ1n) is 11.8. The van der Waals surface area contributed by atoms with E-state index in [0.717, 1.165) is 54.9 Å². The van der Waals surface area contributed by atoms with E-state index >= 15 is 0 Å². The minimum absolute atomic E-state index is 0.0364. The molecule has 2 N–H and O–H groups in total. The van der Waals surface area contributed by atoms with Gasteiger partial charge in [-0.1, -0.05) is 48.5 Å². The number of carbonyl (C=O) groups is 1. The third kappa shape index (κ3) is 5.99. The van der Waals surface area contributed by atoms with Gasteiger partial charge in [-0.15, -0.1) is 0 Å². The fraction of sp³-hybridized carbons (Fsp3) is 0.357. The fourth-order valence-electron chi connectivity index (χ4n) is 4.84. The monoisotopic (exact) mass is 443 g/mol. The number of amides is 1. The molecule has 2 heterocycles. The number of phenolic OH excluding ortho intramolecular Hbond substituents is 1. The van der Waals surface area contributed by atoms with E-state index in [-0.39, 0.29) is 11.9 Å². The topological polar surface area (TPSA) is 65.5 Å². The Morgan fingerprint density at radius 1 is 1.03 bits per heavy atom. The SMILES string of the molecule is Cc1cc(CN2CCC(C(NC(=O)Cc3ccccc3)c3ccccn3)CC2)cc(C)c1O. The van der Waals surface area contributed by atoms with Crippen LogP contribution in [0.5, 0.6) is 5.75 Å². The molecule has 5 nitrogen and oxygen atoms in total. The van der Waals surface area contributed by atoms with E-state index in [2.05, 4.69) is 27.3 Å². The average Bonchev–Trinajstić information content (AvgIpc) is 2.83. The minimum atomic E-state index is -0.0808. The van der Waals surface area contributed by atoms with Gasteiger partial charge in [0.2, 0.25) is 5.91 Å². The molecule has 1 aliphatic heterocycles. The van der Waals surface area contributed by atoms with Crippen molar-refractivity contribution in [3.8, 4) is 5.75 Å². The quantitative estimate of drug-likeness (QED) is 0.555. The number of benzene rings is 2. The fourth-order valence-corrected chi connectivity index (χ4v) is 4.84. The lowest BCUT2D eigenvalue weighted by molar-refractivity contribution is -0.121. The Bertz CT molecular complexity index is 1040. The van der Waals surface area contributed by atoms with Crippen LogP contribution in [0.3, 0.4) is 0 Å². The van der Waals surface area contributed by atoms with Gasteiger partial charge < -0.3 is 10.4 Å². The number of phenols is 1. The minimum Gasteiger partial charge on any atom is -0.507 e. The highest BCUT2D eigenvalue weighted by Gasteiger charge is 2.29. The van der Waals surface area contributed by atoms with E-state index in [1.165, 1.54) is 5.56 Å². The highest BCUT2D eigenvalue weighted by molar-refractivity contribution is 5.79. The molecule has 1 aromatic heterocycles. The zero-order chi connectivity index (χ0) is 23.2. The predicted octanol–water partition coefficient (Wildman–Crippen LogP) is 4.72. The Kier molecular flexibility index (Phi) is 7.40. The molecule has 0 saturated carbocycles. The van der Waals surface area contributed by atoms with E-state index in [1.807, 2.05) is 62.4 Å². The van der Waals surface area contributed by atoms with Crippen molar-refractivity contribution in [2.45, 2.75) is 45.7 Å². The maximum absolute atomic E-state index is 12.9. The molecule has 1 aliphatic rings. The van der Waals surface area contributed by atoms with Gasteiger partial charge in [-0.05, 0) is 80.1 Å². The van der Waals surface area contributed by atoms with Crippen LogP contribution >= 0.6 is 0 Å². The number of rotatable bonds is 7. The smallest absolute Gasteiger partial charge is 0.224 e. The summed E-state index contributed by atoms with van der Waals surface area (Å²) in [5.41, 5.74) is 5.04. The molecular weight excluding hydrogens is 410 g/mol. The van der Waals surface area contributed by atoms with Crippen molar-refractivity contribution in [3.63, 3.8) is 0 Å². The molecule has 1 amide bonds. The summed E-state index contributed by atoms with van der Waals surface area (Å²) >= 11 is 0. The number of aromatic nitrogens is 1. The maximum Gasteiger partial charge on any atom is 0.224 e. The highest BCUT2D eigenvalue weighted by Crippen LogP contribution is 2.31. The summed E-state index contributed by atoms with van der Waals surface area (Å²) in [7, 11) is 0. The molecule has 0 spiro atoms. The number of carbonyl (C=O) groups excluding carboxylic acids is 1. The summed E-state index contributed by atoms with van der Waals surface area (Å²) in [5, 5.41) is 13.3. The Morgan fingerprint density at radius 3 is 2.33 bits per heavy atom. The first-order valence-corrected chi connectivity index (χ1v) is 11.8. The maximum atomic E-state index is 12.9. The second-order valence-corrected chi connectivity index (χ2v) is 9.15. The summed E-state index contributed by atoms with van der Waals surface area (Å²) in [6, 6.07) is 19.9. The molecule has 4 rings (SSSR count). The number of nitrogens with one attached hydrogen (secondary N) is 1. The molecule has 0 radical (unpaired) electrons. The van der Waals surface area contributed by atoms with Crippen LogP contribution in [0.4, 0.5) is 0 Å². The Balaban J connectivity index is 1.40. The number of likely N-dealkylation sites (tertiary alicyclic amines) is 1. The van der Waals surface area contributed by atoms with Crippen LogP contribution in [0.25, 0.3) is 0 Å². The molecule has 1 fully saturated rings. The molecule has 1 saturated heterocycles. The number of aromatic hydroxyl groups is 1. The van der Waals surface area contributed by atoms with Gasteiger partial charge in [0.25, 0.3) is 0 Å². The third-order valence-corrected chi connectivity index (χ3v) is 6.59. The normalized spacial score (nSPS) is 15.8. The molecule has 172 valence electrons. The Morgan fingerprint density at radius 2 is 1.70 bits per heavy atom. The van der Waals surface area contributed by atoms with Crippen molar-refractivity contribution in [1.29, 1.82) is 0 Å². The van der Waals surface area contributed by atoms with Gasteiger partial charge in [-0.3, -0.25) is 14.7 Å². The van der Waals surface area contributed by atoms with E-state index in [9.17, 15) is 9.90 Å². The van der Waals surface area contributed by atoms with Crippen molar-refractivity contribution >= 4 is 5.91 Å². The van der Waals surface area contributed by atoms with Crippen LogP contribution in [-0.4, -0.2) is 34.0 Å². The molecule has 1 atom stereocenters. The standard InChI is InChI=1S/C28H33N3O2/c1-20-16-23(17-21(2)28(20)33)19-31-14-11-24(12-15-31)27(25-10-6-7-13-29-25)30-26(32)18-22-8-4-3-5-9-22/h3-10,13,16-17,24,27,33H,11-12,14-15,18-19H2,1-2H3,(H,30,32). The van der Waals surface area contributed by atoms with Gasteiger partial charge in [0.05, 0.1) is 18.2 Å². The largest absolute Gasteiger partial charge is 0.507 e. The van der Waals surface area contributed by atoms with Crippen molar-refractivity contribution < 1.29 is 9.90 Å². The van der Waals surface area contributed by atoms with Gasteiger partial charge in [-0.2, -0.15) is 0 Å². The van der Waals surface area contributed by atoms with Gasteiger partial charge >= 0.3 is 0 Å².